The second-order valence-electron chi connectivity index (χ2n) is 7.66. The number of carbonyl (C=O) groups is 1. The van der Waals surface area contributed by atoms with Gasteiger partial charge in [0.25, 0.3) is 10.0 Å². The monoisotopic (exact) mass is 464 g/mol. The molecule has 0 unspecified atom stereocenters. The standard InChI is InChI=1S/C20H28N6O3S2/c1-14(2)19-23-24-20(26(19)3)30-13-18(27)22-15-8-7-9-16(12-15)31(28,29)25-17-10-5-4-6-11-21-17/h7-9,12,14H,4-6,10-11,13H2,1-3H3,(H,21,25)(H,22,27). The summed E-state index contributed by atoms with van der Waals surface area (Å²) in [7, 11) is -1.89. The summed E-state index contributed by atoms with van der Waals surface area (Å²) in [5.74, 6) is 1.47. The molecule has 0 saturated heterocycles. The van der Waals surface area contributed by atoms with Crippen molar-refractivity contribution < 1.29 is 13.2 Å². The topological polar surface area (TPSA) is 118 Å². The predicted octanol–water partition coefficient (Wildman–Crippen LogP) is 2.92. The van der Waals surface area contributed by atoms with Crippen LogP contribution in [0.2, 0.25) is 0 Å². The van der Waals surface area contributed by atoms with Crippen molar-refractivity contribution in [3.63, 3.8) is 0 Å². The van der Waals surface area contributed by atoms with E-state index >= 15 is 0 Å². The Labute approximate surface area is 187 Å². The van der Waals surface area contributed by atoms with Crippen molar-refractivity contribution in [3.05, 3.63) is 30.1 Å². The molecule has 2 aromatic rings. The molecule has 2 heterocycles. The number of rotatable bonds is 7. The highest BCUT2D eigenvalue weighted by Crippen LogP contribution is 2.21. The molecular weight excluding hydrogens is 436 g/mol. The minimum atomic E-state index is -3.76. The molecule has 0 fully saturated rings. The molecule has 0 spiro atoms. The largest absolute Gasteiger partial charge is 0.325 e. The van der Waals surface area contributed by atoms with E-state index in [0.29, 0.717) is 29.6 Å². The van der Waals surface area contributed by atoms with E-state index in [1.165, 1.54) is 23.9 Å². The van der Waals surface area contributed by atoms with Crippen molar-refractivity contribution in [1.29, 1.82) is 0 Å². The van der Waals surface area contributed by atoms with Crippen LogP contribution in [0.5, 0.6) is 0 Å². The summed E-state index contributed by atoms with van der Waals surface area (Å²) >= 11 is 1.28. The molecule has 0 bridgehead atoms. The molecule has 1 aromatic carbocycles. The minimum Gasteiger partial charge on any atom is -0.325 e. The molecule has 1 aliphatic rings. The number of hydrogen-bond donors (Lipinski definition) is 2. The summed E-state index contributed by atoms with van der Waals surface area (Å²) in [6.45, 7) is 4.70. The molecule has 9 nitrogen and oxygen atoms in total. The van der Waals surface area contributed by atoms with E-state index in [1.54, 1.807) is 12.1 Å². The van der Waals surface area contributed by atoms with Crippen LogP contribution in [0, 0.1) is 0 Å². The second kappa shape index (κ2) is 10.3. The first-order chi connectivity index (χ1) is 14.8. The third-order valence-electron chi connectivity index (χ3n) is 4.77. The minimum absolute atomic E-state index is 0.0831. The summed E-state index contributed by atoms with van der Waals surface area (Å²) in [5.41, 5.74) is 0.414. The fraction of sp³-hybridized carbons (Fsp3) is 0.500. The molecule has 11 heteroatoms. The van der Waals surface area contributed by atoms with Crippen LogP contribution in [0.4, 0.5) is 5.69 Å². The number of hydrogen-bond acceptors (Lipinski definition) is 7. The second-order valence-corrected chi connectivity index (χ2v) is 10.3. The van der Waals surface area contributed by atoms with Gasteiger partial charge in [0.05, 0.1) is 10.6 Å². The van der Waals surface area contributed by atoms with Crippen LogP contribution in [-0.2, 0) is 21.9 Å². The van der Waals surface area contributed by atoms with Crippen LogP contribution in [0.1, 0.15) is 51.3 Å². The summed E-state index contributed by atoms with van der Waals surface area (Å²) in [5, 5.41) is 11.7. The van der Waals surface area contributed by atoms with Crippen LogP contribution >= 0.6 is 11.8 Å². The van der Waals surface area contributed by atoms with Gasteiger partial charge in [-0.05, 0) is 31.0 Å². The van der Waals surface area contributed by atoms with E-state index in [2.05, 4.69) is 25.2 Å². The van der Waals surface area contributed by atoms with Gasteiger partial charge in [-0.15, -0.1) is 10.2 Å². The first-order valence-electron chi connectivity index (χ1n) is 10.2. The van der Waals surface area contributed by atoms with Crippen LogP contribution in [0.3, 0.4) is 0 Å². The van der Waals surface area contributed by atoms with E-state index in [1.807, 2.05) is 25.5 Å². The number of carbonyl (C=O) groups excluding carboxylic acids is 1. The SMILES string of the molecule is CC(C)c1nnc(SCC(=O)Nc2cccc(S(=O)(=O)NC3=NCCCCC3)c2)n1C. The molecule has 168 valence electrons. The molecule has 2 N–H and O–H groups in total. The molecule has 1 aromatic heterocycles. The van der Waals surface area contributed by atoms with Gasteiger partial charge in [-0.1, -0.05) is 38.1 Å². The number of aliphatic imine (C=N–C) groups is 1. The summed E-state index contributed by atoms with van der Waals surface area (Å²) in [6, 6.07) is 6.20. The molecule has 1 amide bonds. The smallest absolute Gasteiger partial charge is 0.262 e. The Bertz CT molecular complexity index is 1060. The fourth-order valence-corrected chi connectivity index (χ4v) is 5.05. The molecule has 0 radical (unpaired) electrons. The van der Waals surface area contributed by atoms with Crippen molar-refractivity contribution in [2.75, 3.05) is 17.6 Å². The van der Waals surface area contributed by atoms with Crippen molar-refractivity contribution >= 4 is 39.2 Å². The van der Waals surface area contributed by atoms with Gasteiger partial charge in [-0.25, -0.2) is 8.42 Å². The lowest BCUT2D eigenvalue weighted by molar-refractivity contribution is -0.113. The predicted molar refractivity (Wildman–Crippen MR) is 122 cm³/mol. The van der Waals surface area contributed by atoms with Gasteiger partial charge < -0.3 is 9.88 Å². The van der Waals surface area contributed by atoms with E-state index < -0.39 is 10.0 Å². The average Bonchev–Trinajstić information content (AvgIpc) is 2.91. The first kappa shape index (κ1) is 23.3. The Balaban J connectivity index is 1.62. The average molecular weight is 465 g/mol. The zero-order valence-electron chi connectivity index (χ0n) is 18.0. The van der Waals surface area contributed by atoms with Crippen LogP contribution in [-0.4, -0.2) is 47.2 Å². The normalized spacial score (nSPS) is 14.8. The molecule has 3 rings (SSSR count). The molecule has 1 aliphatic heterocycles. The zero-order chi connectivity index (χ0) is 22.4. The van der Waals surface area contributed by atoms with Gasteiger partial charge in [0, 0.05) is 31.6 Å². The van der Waals surface area contributed by atoms with Gasteiger partial charge in [-0.3, -0.25) is 14.5 Å². The number of nitrogens with one attached hydrogen (secondary N) is 2. The first-order valence-corrected chi connectivity index (χ1v) is 12.7. The zero-order valence-corrected chi connectivity index (χ0v) is 19.6. The van der Waals surface area contributed by atoms with Gasteiger partial charge in [0.2, 0.25) is 5.91 Å². The molecular formula is C20H28N6O3S2. The maximum Gasteiger partial charge on any atom is 0.262 e. The summed E-state index contributed by atoms with van der Waals surface area (Å²) < 4.78 is 29.9. The molecule has 0 saturated carbocycles. The van der Waals surface area contributed by atoms with Gasteiger partial charge in [0.1, 0.15) is 11.7 Å². The third-order valence-corrected chi connectivity index (χ3v) is 7.17. The molecule has 31 heavy (non-hydrogen) atoms. The van der Waals surface area contributed by atoms with Crippen molar-refractivity contribution in [3.8, 4) is 0 Å². The number of thioether (sulfide) groups is 1. The number of nitrogens with zero attached hydrogens (tertiary/aromatic N) is 4. The van der Waals surface area contributed by atoms with Gasteiger partial charge in [0.15, 0.2) is 5.16 Å². The van der Waals surface area contributed by atoms with Gasteiger partial charge in [-0.2, -0.15) is 0 Å². The van der Waals surface area contributed by atoms with Gasteiger partial charge >= 0.3 is 0 Å². The summed E-state index contributed by atoms with van der Waals surface area (Å²) in [6.07, 6.45) is 3.55. The van der Waals surface area contributed by atoms with Crippen LogP contribution < -0.4 is 10.0 Å². The number of sulfonamides is 1. The third kappa shape index (κ3) is 6.30. The number of aromatic nitrogens is 3. The number of amidine groups is 1. The van der Waals surface area contributed by atoms with E-state index in [0.717, 1.165) is 25.1 Å². The van der Waals surface area contributed by atoms with E-state index in [4.69, 9.17) is 0 Å². The quantitative estimate of drug-likeness (QED) is 0.608. The Morgan fingerprint density at radius 3 is 2.77 bits per heavy atom. The maximum atomic E-state index is 12.7. The highest BCUT2D eigenvalue weighted by molar-refractivity contribution is 7.99. The van der Waals surface area contributed by atoms with Crippen molar-refractivity contribution in [1.82, 2.24) is 19.5 Å². The fourth-order valence-electron chi connectivity index (χ4n) is 3.19. The van der Waals surface area contributed by atoms with Crippen LogP contribution in [0.15, 0.2) is 39.3 Å². The van der Waals surface area contributed by atoms with E-state index in [-0.39, 0.29) is 22.5 Å². The lowest BCUT2D eigenvalue weighted by atomic mass is 10.2. The van der Waals surface area contributed by atoms with Crippen LogP contribution in [0.25, 0.3) is 0 Å². The Morgan fingerprint density at radius 1 is 1.23 bits per heavy atom. The van der Waals surface area contributed by atoms with E-state index in [9.17, 15) is 13.2 Å². The highest BCUT2D eigenvalue weighted by atomic mass is 32.2. The Morgan fingerprint density at radius 2 is 2.03 bits per heavy atom. The number of amides is 1. The lowest BCUT2D eigenvalue weighted by Gasteiger charge is -2.11. The Kier molecular flexibility index (Phi) is 7.71. The highest BCUT2D eigenvalue weighted by Gasteiger charge is 2.18. The number of benzene rings is 1. The molecule has 0 atom stereocenters. The lowest BCUT2D eigenvalue weighted by Crippen LogP contribution is -2.30. The van der Waals surface area contributed by atoms with Crippen molar-refractivity contribution in [2.45, 2.75) is 55.5 Å². The van der Waals surface area contributed by atoms with Crippen molar-refractivity contribution in [2.24, 2.45) is 12.0 Å². The Hall–Kier alpha value is -2.40. The number of anilines is 1. The molecule has 0 aliphatic carbocycles. The summed E-state index contributed by atoms with van der Waals surface area (Å²) in [4.78, 5) is 16.8. The maximum absolute atomic E-state index is 12.7.